The quantitative estimate of drug-likeness (QED) is 0.0607. The Balaban J connectivity index is 1.12. The van der Waals surface area contributed by atoms with E-state index >= 15 is 0 Å². The van der Waals surface area contributed by atoms with Crippen LogP contribution in [0.25, 0.3) is 10.8 Å². The lowest BCUT2D eigenvalue weighted by Crippen LogP contribution is -2.15. The number of nitrogens with zero attached hydrogens (tertiary/aromatic N) is 6. The van der Waals surface area contributed by atoms with Gasteiger partial charge in [-0.2, -0.15) is 0 Å². The molecule has 11 aromatic rings. The van der Waals surface area contributed by atoms with Gasteiger partial charge in [0.2, 0.25) is 0 Å². The van der Waals surface area contributed by atoms with E-state index < -0.39 is 0 Å². The molecule has 116 heavy (non-hydrogen) atoms. The summed E-state index contributed by atoms with van der Waals surface area (Å²) in [7, 11) is 0. The van der Waals surface area contributed by atoms with Gasteiger partial charge in [-0.1, -0.05) is 275 Å². The van der Waals surface area contributed by atoms with Crippen LogP contribution < -0.4 is 39.4 Å². The summed E-state index contributed by atoms with van der Waals surface area (Å²) in [6.45, 7) is 52.7. The van der Waals surface area contributed by atoms with Gasteiger partial charge in [-0.15, -0.1) is 0 Å². The molecule has 0 saturated carbocycles. The average molecular weight is 1550 g/mol. The second kappa shape index (κ2) is 33.1. The molecule has 0 unspecified atom stereocenters. The molecular formula is C102H113N7O7. The number of nitrogens with one attached hydrogen (secondary N) is 1. The summed E-state index contributed by atoms with van der Waals surface area (Å²) in [6, 6.07) is 55.6. The summed E-state index contributed by atoms with van der Waals surface area (Å²) in [4.78, 5) is 37.2. The summed E-state index contributed by atoms with van der Waals surface area (Å²) in [6.07, 6.45) is 0. The Labute approximate surface area is 685 Å². The van der Waals surface area contributed by atoms with Gasteiger partial charge < -0.3 is 38.5 Å². The molecule has 598 valence electrons. The molecule has 3 aliphatic heterocycles. The van der Waals surface area contributed by atoms with Crippen molar-refractivity contribution in [1.29, 1.82) is 0 Å². The molecule has 14 heteroatoms. The third-order valence-corrected chi connectivity index (χ3v) is 22.4. The second-order valence-electron chi connectivity index (χ2n) is 35.1. The Morgan fingerprint density at radius 1 is 0.233 bits per heavy atom. The normalized spacial score (nSPS) is 13.3. The highest BCUT2D eigenvalue weighted by molar-refractivity contribution is 6.25. The lowest BCUT2D eigenvalue weighted by molar-refractivity contribution is 0.404. The first-order valence-corrected chi connectivity index (χ1v) is 41.8. The Morgan fingerprint density at radius 2 is 0.440 bits per heavy atom. The van der Waals surface area contributed by atoms with E-state index in [4.69, 9.17) is 58.4 Å². The number of aromatic amines is 1. The third-order valence-electron chi connectivity index (χ3n) is 22.4. The van der Waals surface area contributed by atoms with Gasteiger partial charge in [-0.3, -0.25) is 0 Å². The van der Waals surface area contributed by atoms with Gasteiger partial charge in [0.15, 0.2) is 57.8 Å². The minimum absolute atomic E-state index is 0.0935. The summed E-state index contributed by atoms with van der Waals surface area (Å²) in [5.74, 6) is 9.60. The number of aromatic hydroxyl groups is 1. The minimum Gasteiger partial charge on any atom is -0.506 e. The third kappa shape index (κ3) is 16.0. The number of phenolic OH excluding ortho intramolecular Hbond substituents is 1. The van der Waals surface area contributed by atoms with Crippen LogP contribution in [0.15, 0.2) is 194 Å². The molecule has 3 aliphatic rings. The van der Waals surface area contributed by atoms with Crippen molar-refractivity contribution >= 4 is 45.5 Å². The van der Waals surface area contributed by atoms with E-state index in [1.165, 1.54) is 0 Å². The molecule has 14 rings (SSSR count). The van der Waals surface area contributed by atoms with Crippen molar-refractivity contribution in [2.24, 2.45) is 30.0 Å². The highest BCUT2D eigenvalue weighted by Gasteiger charge is 2.34. The zero-order valence-electron chi connectivity index (χ0n) is 72.1. The topological polar surface area (TPSA) is 166 Å². The fourth-order valence-electron chi connectivity index (χ4n) is 15.9. The molecule has 0 aliphatic carbocycles. The smallest absolute Gasteiger partial charge is 0.170 e. The zero-order chi connectivity index (χ0) is 82.7. The van der Waals surface area contributed by atoms with Crippen LogP contribution in [-0.2, 0) is 0 Å². The van der Waals surface area contributed by atoms with Gasteiger partial charge in [-0.25, -0.2) is 30.0 Å². The standard InChI is InChI=1S/C102H113N7O7/c1-52(2)65-31-25-32-66(53(3)4)91(65)111-85-46-77-79(48-87(85)113-93-69(56(9)10)35-27-36-70(93)57(11)12)99-105-97(77)103-64-43-44-84(110)83(45-64)104-98-78-47-86(112-92-67(54(5)6)33-26-34-68(92)55(7)8)88(114-94-71(58(13)14)37-28-38-72(94)59(15)16)49-80(78)100(106-98)108-102-82-51-90(116-96-75(62(21)22)41-30-42-76(96)63(23)24)89(50-81(82)101(107-99)109-102)115-95-73(60(17)18)39-29-40-74(95)61(19)20/h25-63,110H,1-24H3,(H,103,104,105,106,107,108,109). The van der Waals surface area contributed by atoms with E-state index in [0.717, 1.165) is 101 Å². The molecular weight excluding hydrogens is 1440 g/mol. The molecule has 0 saturated heterocycles. The molecule has 0 fully saturated rings. The number of amidine groups is 4. The van der Waals surface area contributed by atoms with E-state index in [1.54, 1.807) is 18.2 Å². The van der Waals surface area contributed by atoms with Crippen molar-refractivity contribution in [2.75, 3.05) is 0 Å². The van der Waals surface area contributed by atoms with E-state index in [9.17, 15) is 5.11 Å². The van der Waals surface area contributed by atoms with E-state index in [-0.39, 0.29) is 88.3 Å². The Morgan fingerprint density at radius 3 is 0.664 bits per heavy atom. The molecule has 2 N–H and O–H groups in total. The maximum absolute atomic E-state index is 12.3. The van der Waals surface area contributed by atoms with Crippen LogP contribution in [0.3, 0.4) is 0 Å². The number of aliphatic imine (C=N–C) groups is 4. The van der Waals surface area contributed by atoms with Crippen LogP contribution in [0.1, 0.15) is 326 Å². The van der Waals surface area contributed by atoms with Crippen molar-refractivity contribution in [3.63, 3.8) is 0 Å². The van der Waals surface area contributed by atoms with Crippen molar-refractivity contribution < 1.29 is 33.5 Å². The first-order valence-electron chi connectivity index (χ1n) is 41.8. The number of H-pyrrole nitrogens is 1. The van der Waals surface area contributed by atoms with Crippen molar-refractivity contribution in [2.45, 2.75) is 237 Å². The fourth-order valence-corrected chi connectivity index (χ4v) is 15.9. The first-order chi connectivity index (χ1) is 55.3. The maximum Gasteiger partial charge on any atom is 0.170 e. The zero-order valence-corrected chi connectivity index (χ0v) is 72.1. The van der Waals surface area contributed by atoms with Gasteiger partial charge in [0.25, 0.3) is 0 Å². The van der Waals surface area contributed by atoms with Gasteiger partial charge in [-0.05, 0) is 192 Å². The van der Waals surface area contributed by atoms with E-state index in [0.29, 0.717) is 102 Å². The lowest BCUT2D eigenvalue weighted by atomic mass is 9.93. The molecule has 0 amide bonds. The predicted molar refractivity (Wildman–Crippen MR) is 475 cm³/mol. The SMILES string of the molecule is CC(C)c1cccc(C(C)C)c1Oc1cc2c(cc1Oc1c(C(C)C)cccc1C(C)C)C1=Nc3ccc(O)c(c3)N=C3N=C(N=c4[nH]c(c5cc(Oc6c(C(C)C)cccc6C(C)C)c(Oc6c(C(C)C)cccc6C(C)C)cc45)=NC2=N1)c1cc(Oc2c(C(C)C)cccc2C(C)C)c(Oc2c(C(C)C)cccc2C(C)C)cc13. The first kappa shape index (κ1) is 81.2. The maximum atomic E-state index is 12.3. The second-order valence-corrected chi connectivity index (χ2v) is 35.1. The molecule has 0 spiro atoms. The summed E-state index contributed by atoms with van der Waals surface area (Å²) in [5.41, 5.74) is 16.5. The van der Waals surface area contributed by atoms with Crippen LogP contribution in [0.5, 0.6) is 74.7 Å². The molecule has 8 bridgehead atoms. The van der Waals surface area contributed by atoms with Crippen LogP contribution >= 0.6 is 0 Å². The average Bonchev–Trinajstić information content (AvgIpc) is 1.56. The number of hydrogen-bond acceptors (Lipinski definition) is 13. The number of phenols is 1. The largest absolute Gasteiger partial charge is 0.506 e. The number of aromatic nitrogens is 1. The number of para-hydroxylation sites is 6. The van der Waals surface area contributed by atoms with Gasteiger partial charge in [0, 0.05) is 33.0 Å². The minimum atomic E-state index is -0.0995. The van der Waals surface area contributed by atoms with Gasteiger partial charge in [0.05, 0.1) is 5.69 Å². The van der Waals surface area contributed by atoms with E-state index in [2.05, 4.69) is 280 Å². The Hall–Kier alpha value is -11.4. The lowest BCUT2D eigenvalue weighted by Gasteiger charge is -2.24. The Bertz CT molecular complexity index is 5760. The molecule has 0 atom stereocenters. The van der Waals surface area contributed by atoms with Crippen molar-refractivity contribution in [3.05, 3.63) is 264 Å². The van der Waals surface area contributed by atoms with Crippen molar-refractivity contribution in [1.82, 2.24) is 4.98 Å². The molecule has 10 aromatic carbocycles. The van der Waals surface area contributed by atoms with Gasteiger partial charge >= 0.3 is 0 Å². The molecule has 14 nitrogen and oxygen atoms in total. The number of fused-ring (bicyclic) bond motifs is 15. The summed E-state index contributed by atoms with van der Waals surface area (Å²) < 4.78 is 45.3. The van der Waals surface area contributed by atoms with Crippen LogP contribution in [0.4, 0.5) is 11.4 Å². The van der Waals surface area contributed by atoms with Crippen molar-refractivity contribution in [3.8, 4) is 74.7 Å². The van der Waals surface area contributed by atoms with Gasteiger partial charge in [0.1, 0.15) is 56.9 Å². The summed E-state index contributed by atoms with van der Waals surface area (Å²) >= 11 is 0. The monoisotopic (exact) mass is 1550 g/mol. The van der Waals surface area contributed by atoms with Crippen LogP contribution in [0, 0.1) is 0 Å². The number of ether oxygens (including phenoxy) is 6. The molecule has 1 aromatic heterocycles. The predicted octanol–water partition coefficient (Wildman–Crippen LogP) is 28.7. The molecule has 0 radical (unpaired) electrons. The van der Waals surface area contributed by atoms with Crippen LogP contribution in [0.2, 0.25) is 0 Å². The highest BCUT2D eigenvalue weighted by atomic mass is 16.5. The van der Waals surface area contributed by atoms with Crippen LogP contribution in [-0.4, -0.2) is 33.4 Å². The molecule has 4 heterocycles. The summed E-state index contributed by atoms with van der Waals surface area (Å²) in [5, 5.41) is 13.6. The number of rotatable bonds is 24. The number of hydrogen-bond donors (Lipinski definition) is 2. The fraction of sp³-hybridized carbons (Fsp3) is 0.353. The highest BCUT2D eigenvalue weighted by Crippen LogP contribution is 2.52. The number of benzene rings is 10. The van der Waals surface area contributed by atoms with E-state index in [1.807, 2.05) is 36.4 Å². The Kier molecular flexibility index (Phi) is 23.2.